The second kappa shape index (κ2) is 9.48. The maximum atomic E-state index is 6.08. The quantitative estimate of drug-likeness (QED) is 0.532. The second-order valence-electron chi connectivity index (χ2n) is 9.30. The van der Waals surface area contributed by atoms with Gasteiger partial charge in [0.25, 0.3) is 0 Å². The molecule has 1 aromatic rings. The van der Waals surface area contributed by atoms with Gasteiger partial charge in [-0.1, -0.05) is 18.2 Å². The minimum absolute atomic E-state index is 0.509. The molecule has 5 atom stereocenters. The van der Waals surface area contributed by atoms with Gasteiger partial charge in [-0.25, -0.2) is 0 Å². The molecule has 0 amide bonds. The van der Waals surface area contributed by atoms with E-state index in [1.54, 1.807) is 5.56 Å². The van der Waals surface area contributed by atoms with Gasteiger partial charge in [-0.3, -0.25) is 0 Å². The average molecular weight is 383 g/mol. The Morgan fingerprint density at radius 2 is 1.71 bits per heavy atom. The SMILES string of the molecule is CC=CCO[C@@H]1CC[C@@H]2CC(C3CCc4cc(OCC)ccc4C3)CCC2C1. The summed E-state index contributed by atoms with van der Waals surface area (Å²) < 4.78 is 11.8. The summed E-state index contributed by atoms with van der Waals surface area (Å²) in [7, 11) is 0. The summed E-state index contributed by atoms with van der Waals surface area (Å²) in [6.07, 6.45) is 17.0. The van der Waals surface area contributed by atoms with E-state index in [2.05, 4.69) is 44.2 Å². The van der Waals surface area contributed by atoms with Gasteiger partial charge in [-0.15, -0.1) is 0 Å². The van der Waals surface area contributed by atoms with Crippen LogP contribution in [0, 0.1) is 23.7 Å². The topological polar surface area (TPSA) is 18.5 Å². The van der Waals surface area contributed by atoms with Crippen LogP contribution >= 0.6 is 0 Å². The van der Waals surface area contributed by atoms with Gasteiger partial charge in [-0.2, -0.15) is 0 Å². The van der Waals surface area contributed by atoms with Crippen molar-refractivity contribution in [3.8, 4) is 5.75 Å². The van der Waals surface area contributed by atoms with E-state index in [9.17, 15) is 0 Å². The molecule has 0 heterocycles. The lowest BCUT2D eigenvalue weighted by atomic mass is 9.62. The van der Waals surface area contributed by atoms with Crippen LogP contribution in [0.4, 0.5) is 0 Å². The third-order valence-corrected chi connectivity index (χ3v) is 7.69. The molecule has 0 radical (unpaired) electrons. The van der Waals surface area contributed by atoms with Gasteiger partial charge < -0.3 is 9.47 Å². The van der Waals surface area contributed by atoms with Crippen molar-refractivity contribution in [1.82, 2.24) is 0 Å². The van der Waals surface area contributed by atoms with Crippen LogP contribution < -0.4 is 4.74 Å². The van der Waals surface area contributed by atoms with Crippen molar-refractivity contribution in [2.75, 3.05) is 13.2 Å². The molecule has 0 bridgehead atoms. The van der Waals surface area contributed by atoms with E-state index in [0.717, 1.165) is 42.6 Å². The first-order chi connectivity index (χ1) is 13.8. The van der Waals surface area contributed by atoms with Gasteiger partial charge >= 0.3 is 0 Å². The number of allylic oxidation sites excluding steroid dienone is 1. The zero-order chi connectivity index (χ0) is 19.3. The van der Waals surface area contributed by atoms with E-state index in [0.29, 0.717) is 6.10 Å². The van der Waals surface area contributed by atoms with Crippen molar-refractivity contribution in [2.45, 2.75) is 77.7 Å². The lowest BCUT2D eigenvalue weighted by molar-refractivity contribution is -0.0138. The van der Waals surface area contributed by atoms with Gasteiger partial charge in [0.05, 0.1) is 19.3 Å². The molecule has 1 aromatic carbocycles. The molecular formula is C26H38O2. The highest BCUT2D eigenvalue weighted by Crippen LogP contribution is 2.47. The largest absolute Gasteiger partial charge is 0.494 e. The molecular weight excluding hydrogens is 344 g/mol. The van der Waals surface area contributed by atoms with Crippen molar-refractivity contribution >= 4 is 0 Å². The van der Waals surface area contributed by atoms with E-state index in [1.807, 2.05) is 0 Å². The normalized spacial score (nSPS) is 32.7. The molecule has 3 unspecified atom stereocenters. The number of aryl methyl sites for hydroxylation is 1. The number of benzene rings is 1. The van der Waals surface area contributed by atoms with E-state index in [-0.39, 0.29) is 0 Å². The van der Waals surface area contributed by atoms with Gasteiger partial charge in [-0.05, 0) is 119 Å². The molecule has 0 saturated heterocycles. The maximum absolute atomic E-state index is 6.08. The van der Waals surface area contributed by atoms with Crippen molar-refractivity contribution in [1.29, 1.82) is 0 Å². The van der Waals surface area contributed by atoms with Crippen LogP contribution in [0.5, 0.6) is 5.75 Å². The number of fused-ring (bicyclic) bond motifs is 2. The van der Waals surface area contributed by atoms with Crippen LogP contribution in [0.1, 0.15) is 69.9 Å². The molecule has 3 aliphatic carbocycles. The summed E-state index contributed by atoms with van der Waals surface area (Å²) in [5.74, 6) is 4.78. The van der Waals surface area contributed by atoms with Gasteiger partial charge in [0.15, 0.2) is 0 Å². The van der Waals surface area contributed by atoms with E-state index >= 15 is 0 Å². The molecule has 0 spiro atoms. The zero-order valence-corrected chi connectivity index (χ0v) is 17.9. The summed E-state index contributed by atoms with van der Waals surface area (Å²) in [5.41, 5.74) is 3.12. The molecule has 0 aromatic heterocycles. The first-order valence-electron chi connectivity index (χ1n) is 11.7. The predicted octanol–water partition coefficient (Wildman–Crippen LogP) is 6.37. The van der Waals surface area contributed by atoms with Crippen LogP contribution in [-0.4, -0.2) is 19.3 Å². The molecule has 0 aliphatic heterocycles. The van der Waals surface area contributed by atoms with Gasteiger partial charge in [0.1, 0.15) is 5.75 Å². The smallest absolute Gasteiger partial charge is 0.119 e. The first kappa shape index (κ1) is 20.0. The fourth-order valence-electron chi connectivity index (χ4n) is 6.17. The molecule has 0 N–H and O–H groups in total. The molecule has 3 aliphatic rings. The van der Waals surface area contributed by atoms with Gasteiger partial charge in [0.2, 0.25) is 0 Å². The second-order valence-corrected chi connectivity index (χ2v) is 9.30. The molecule has 2 saturated carbocycles. The minimum atomic E-state index is 0.509. The Morgan fingerprint density at radius 1 is 0.929 bits per heavy atom. The van der Waals surface area contributed by atoms with E-state index in [4.69, 9.17) is 9.47 Å². The fraction of sp³-hybridized carbons (Fsp3) is 0.692. The first-order valence-corrected chi connectivity index (χ1v) is 11.7. The maximum Gasteiger partial charge on any atom is 0.119 e. The zero-order valence-electron chi connectivity index (χ0n) is 17.9. The molecule has 28 heavy (non-hydrogen) atoms. The Kier molecular flexibility index (Phi) is 6.77. The Bertz CT molecular complexity index is 664. The number of ether oxygens (including phenoxy) is 2. The number of hydrogen-bond donors (Lipinski definition) is 0. The average Bonchev–Trinajstić information content (AvgIpc) is 2.73. The summed E-state index contributed by atoms with van der Waals surface area (Å²) in [4.78, 5) is 0. The molecule has 2 nitrogen and oxygen atoms in total. The Hall–Kier alpha value is -1.28. The van der Waals surface area contributed by atoms with Gasteiger partial charge in [0, 0.05) is 0 Å². The standard InChI is InChI=1S/C26H38O2/c1-3-5-14-28-26-13-11-22-16-20(7-9-24(22)18-26)19-6-8-23-17-25(27-4-2)12-10-21(23)15-19/h3,5,10,12,17,19-20,22,24,26H,4,6-9,11,13-16,18H2,1-2H3/t19?,20?,22-,24?,26-/m1/s1. The summed E-state index contributed by atoms with van der Waals surface area (Å²) >= 11 is 0. The van der Waals surface area contributed by atoms with Crippen LogP contribution in [-0.2, 0) is 17.6 Å². The Labute approximate surface area is 171 Å². The van der Waals surface area contributed by atoms with Crippen molar-refractivity contribution < 1.29 is 9.47 Å². The fourth-order valence-corrected chi connectivity index (χ4v) is 6.17. The van der Waals surface area contributed by atoms with Crippen LogP contribution in [0.25, 0.3) is 0 Å². The predicted molar refractivity (Wildman–Crippen MR) is 116 cm³/mol. The lowest BCUT2D eigenvalue weighted by Crippen LogP contribution is -2.37. The highest BCUT2D eigenvalue weighted by molar-refractivity contribution is 5.37. The Morgan fingerprint density at radius 3 is 2.54 bits per heavy atom. The lowest BCUT2D eigenvalue weighted by Gasteiger charge is -2.44. The summed E-state index contributed by atoms with van der Waals surface area (Å²) in [6.45, 7) is 5.69. The van der Waals surface area contributed by atoms with Crippen LogP contribution in [0.2, 0.25) is 0 Å². The van der Waals surface area contributed by atoms with Crippen molar-refractivity contribution in [2.24, 2.45) is 23.7 Å². The van der Waals surface area contributed by atoms with Crippen LogP contribution in [0.3, 0.4) is 0 Å². The third-order valence-electron chi connectivity index (χ3n) is 7.69. The van der Waals surface area contributed by atoms with E-state index in [1.165, 1.54) is 63.4 Å². The number of hydrogen-bond acceptors (Lipinski definition) is 2. The van der Waals surface area contributed by atoms with E-state index < -0.39 is 0 Å². The highest BCUT2D eigenvalue weighted by atomic mass is 16.5. The molecule has 2 heteroatoms. The molecule has 4 rings (SSSR count). The molecule has 2 fully saturated rings. The number of rotatable bonds is 6. The summed E-state index contributed by atoms with van der Waals surface area (Å²) in [6, 6.07) is 6.81. The minimum Gasteiger partial charge on any atom is -0.494 e. The van der Waals surface area contributed by atoms with Crippen molar-refractivity contribution in [3.63, 3.8) is 0 Å². The summed E-state index contributed by atoms with van der Waals surface area (Å²) in [5, 5.41) is 0. The molecule has 154 valence electrons. The highest BCUT2D eigenvalue weighted by Gasteiger charge is 2.38. The Balaban J connectivity index is 1.30. The van der Waals surface area contributed by atoms with Crippen LogP contribution in [0.15, 0.2) is 30.4 Å². The van der Waals surface area contributed by atoms with Crippen molar-refractivity contribution in [3.05, 3.63) is 41.5 Å². The monoisotopic (exact) mass is 382 g/mol. The third kappa shape index (κ3) is 4.64.